The number of fused-ring (bicyclic) bond motifs is 3. The van der Waals surface area contributed by atoms with Gasteiger partial charge in [-0.05, 0) is 31.4 Å². The van der Waals surface area contributed by atoms with Crippen molar-refractivity contribution in [2.45, 2.75) is 57.2 Å². The molecule has 2 unspecified atom stereocenters. The molecule has 0 radical (unpaired) electrons. The van der Waals surface area contributed by atoms with Crippen LogP contribution < -0.4 is 0 Å². The van der Waals surface area contributed by atoms with Crippen molar-refractivity contribution >= 4 is 22.6 Å². The van der Waals surface area contributed by atoms with Gasteiger partial charge in [0.25, 0.3) is 0 Å². The summed E-state index contributed by atoms with van der Waals surface area (Å²) in [6, 6.07) is 4.10. The normalized spacial score (nSPS) is 27.5. The number of aromatic amines is 1. The van der Waals surface area contributed by atoms with Crippen molar-refractivity contribution in [2.75, 3.05) is 19.6 Å². The van der Waals surface area contributed by atoms with Crippen molar-refractivity contribution in [3.8, 4) is 12.3 Å². The minimum Gasteiger partial charge on any atom is -0.340 e. The Bertz CT molecular complexity index is 875. The molecule has 1 aromatic heterocycles. The fraction of sp³-hybridized carbons (Fsp3) is 0.591. The Kier molecular flexibility index (Phi) is 4.62. The molecule has 4 aliphatic rings. The fourth-order valence-electron chi connectivity index (χ4n) is 5.45. The average Bonchev–Trinajstić information content (AvgIpc) is 3.15. The standard InChI is InChI=1S/C22H26ClFN4/c1-2-22(8-4-3-5-9-22)14-28-15-10-16(28)12-27(11-15)13-19-25-20-17(23)6-7-18(24)21(20)26-19/h1,6-7,15-16H,3-5,8-14H2,(H,25,26). The van der Waals surface area contributed by atoms with E-state index in [9.17, 15) is 4.39 Å². The predicted octanol–water partition coefficient (Wildman–Crippen LogP) is 4.20. The molecule has 1 aliphatic carbocycles. The Morgan fingerprint density at radius 1 is 1.25 bits per heavy atom. The average molecular weight is 401 g/mol. The molecule has 2 atom stereocenters. The number of benzene rings is 1. The van der Waals surface area contributed by atoms with Crippen LogP contribution >= 0.6 is 11.6 Å². The molecule has 28 heavy (non-hydrogen) atoms. The summed E-state index contributed by atoms with van der Waals surface area (Å²) in [6.07, 6.45) is 13.4. The molecular formula is C22H26ClFN4. The number of nitrogens with one attached hydrogen (secondary N) is 1. The quantitative estimate of drug-likeness (QED) is 0.781. The number of halogens is 2. The van der Waals surface area contributed by atoms with Gasteiger partial charge in [-0.3, -0.25) is 9.80 Å². The monoisotopic (exact) mass is 400 g/mol. The second-order valence-electron chi connectivity index (χ2n) is 8.83. The van der Waals surface area contributed by atoms with Crippen LogP contribution in [0, 0.1) is 23.6 Å². The van der Waals surface area contributed by atoms with Gasteiger partial charge in [0.1, 0.15) is 11.3 Å². The van der Waals surface area contributed by atoms with E-state index in [1.165, 1.54) is 44.6 Å². The van der Waals surface area contributed by atoms with Gasteiger partial charge in [0.2, 0.25) is 0 Å². The molecule has 6 heteroatoms. The van der Waals surface area contributed by atoms with Crippen LogP contribution in [0.1, 0.15) is 44.3 Å². The Hall–Kier alpha value is -1.61. The van der Waals surface area contributed by atoms with Crippen LogP contribution in [0.3, 0.4) is 0 Å². The Morgan fingerprint density at radius 2 is 2.00 bits per heavy atom. The first kappa shape index (κ1) is 18.4. The summed E-state index contributed by atoms with van der Waals surface area (Å²) >= 11 is 6.18. The molecule has 3 saturated heterocycles. The van der Waals surface area contributed by atoms with Crippen molar-refractivity contribution in [2.24, 2.45) is 5.41 Å². The zero-order valence-corrected chi connectivity index (χ0v) is 16.8. The largest absolute Gasteiger partial charge is 0.340 e. The highest BCUT2D eigenvalue weighted by molar-refractivity contribution is 6.34. The molecule has 1 saturated carbocycles. The van der Waals surface area contributed by atoms with E-state index in [0.717, 1.165) is 25.5 Å². The zero-order chi connectivity index (χ0) is 19.3. The lowest BCUT2D eigenvalue weighted by Gasteiger charge is -2.58. The number of nitrogens with zero attached hydrogens (tertiary/aromatic N) is 3. The van der Waals surface area contributed by atoms with E-state index >= 15 is 0 Å². The summed E-state index contributed by atoms with van der Waals surface area (Å²) in [6.45, 7) is 3.79. The molecule has 2 bridgehead atoms. The molecular weight excluding hydrogens is 375 g/mol. The van der Waals surface area contributed by atoms with Crippen molar-refractivity contribution < 1.29 is 4.39 Å². The summed E-state index contributed by atoms with van der Waals surface area (Å²) in [5, 5.41) is 0.509. The van der Waals surface area contributed by atoms with Gasteiger partial charge in [-0.1, -0.05) is 36.8 Å². The first-order valence-corrected chi connectivity index (χ1v) is 10.7. The second-order valence-corrected chi connectivity index (χ2v) is 9.24. The lowest BCUT2D eigenvalue weighted by molar-refractivity contribution is -0.0895. The Morgan fingerprint density at radius 3 is 2.68 bits per heavy atom. The summed E-state index contributed by atoms with van der Waals surface area (Å²) in [5.74, 6) is 3.61. The van der Waals surface area contributed by atoms with Crippen LogP contribution in [0.5, 0.6) is 0 Å². The van der Waals surface area contributed by atoms with Gasteiger partial charge in [-0.2, -0.15) is 0 Å². The maximum Gasteiger partial charge on any atom is 0.151 e. The van der Waals surface area contributed by atoms with E-state index in [0.29, 0.717) is 34.7 Å². The van der Waals surface area contributed by atoms with E-state index in [4.69, 9.17) is 18.0 Å². The number of hydrogen-bond donors (Lipinski definition) is 1. The van der Waals surface area contributed by atoms with E-state index in [-0.39, 0.29) is 11.2 Å². The second kappa shape index (κ2) is 7.02. The number of rotatable bonds is 4. The van der Waals surface area contributed by atoms with Gasteiger partial charge in [0.15, 0.2) is 5.82 Å². The smallest absolute Gasteiger partial charge is 0.151 e. The lowest BCUT2D eigenvalue weighted by atomic mass is 9.72. The molecule has 4 nitrogen and oxygen atoms in total. The molecule has 1 N–H and O–H groups in total. The number of terminal acetylenes is 1. The third-order valence-electron chi connectivity index (χ3n) is 6.99. The van der Waals surface area contributed by atoms with Gasteiger partial charge in [0, 0.05) is 37.1 Å². The number of aromatic nitrogens is 2. The summed E-state index contributed by atoms with van der Waals surface area (Å²) in [7, 11) is 0. The lowest BCUT2D eigenvalue weighted by Crippen LogP contribution is -2.69. The van der Waals surface area contributed by atoms with E-state index in [2.05, 4.69) is 25.7 Å². The van der Waals surface area contributed by atoms with Crippen LogP contribution in [0.25, 0.3) is 11.0 Å². The Balaban J connectivity index is 1.25. The highest BCUT2D eigenvalue weighted by Gasteiger charge is 2.47. The first-order valence-electron chi connectivity index (χ1n) is 10.4. The molecule has 3 aliphatic heterocycles. The first-order chi connectivity index (χ1) is 13.6. The van der Waals surface area contributed by atoms with Gasteiger partial charge in [-0.15, -0.1) is 6.42 Å². The van der Waals surface area contributed by atoms with Crippen molar-refractivity contribution in [3.05, 3.63) is 28.8 Å². The molecule has 6 rings (SSSR count). The van der Waals surface area contributed by atoms with Crippen LogP contribution in [0.2, 0.25) is 5.02 Å². The number of hydrogen-bond acceptors (Lipinski definition) is 3. The maximum absolute atomic E-state index is 14.0. The van der Waals surface area contributed by atoms with Gasteiger partial charge >= 0.3 is 0 Å². The van der Waals surface area contributed by atoms with Gasteiger partial charge in [0.05, 0.1) is 17.1 Å². The summed E-state index contributed by atoms with van der Waals surface area (Å²) < 4.78 is 14.0. The molecule has 4 heterocycles. The number of H-pyrrole nitrogens is 1. The van der Waals surface area contributed by atoms with E-state index < -0.39 is 0 Å². The molecule has 2 aromatic rings. The van der Waals surface area contributed by atoms with Crippen LogP contribution in [0.15, 0.2) is 12.1 Å². The van der Waals surface area contributed by atoms with Crippen LogP contribution in [0.4, 0.5) is 4.39 Å². The number of piperidine rings is 1. The summed E-state index contributed by atoms with van der Waals surface area (Å²) in [5.41, 5.74) is 1.01. The highest BCUT2D eigenvalue weighted by Crippen LogP contribution is 2.41. The highest BCUT2D eigenvalue weighted by atomic mass is 35.5. The minimum atomic E-state index is -0.332. The van der Waals surface area contributed by atoms with Crippen molar-refractivity contribution in [1.29, 1.82) is 0 Å². The Labute approximate surface area is 170 Å². The van der Waals surface area contributed by atoms with Gasteiger partial charge in [-0.25, -0.2) is 9.37 Å². The van der Waals surface area contributed by atoms with Crippen molar-refractivity contribution in [1.82, 2.24) is 19.8 Å². The fourth-order valence-corrected chi connectivity index (χ4v) is 5.65. The SMILES string of the molecule is C#CC1(CN2C3CC2CN(Cc2nc4c(F)ccc(Cl)c4[nH]2)C3)CCCCC1. The topological polar surface area (TPSA) is 35.2 Å². The third kappa shape index (κ3) is 3.12. The number of imidazole rings is 1. The molecule has 1 aromatic carbocycles. The molecule has 148 valence electrons. The zero-order valence-electron chi connectivity index (χ0n) is 16.1. The molecule has 0 spiro atoms. The minimum absolute atomic E-state index is 0.0877. The third-order valence-corrected chi connectivity index (χ3v) is 7.30. The number of piperazine rings is 1. The van der Waals surface area contributed by atoms with E-state index in [1.54, 1.807) is 6.07 Å². The van der Waals surface area contributed by atoms with Crippen molar-refractivity contribution in [3.63, 3.8) is 0 Å². The maximum atomic E-state index is 14.0. The molecule has 4 fully saturated rings. The summed E-state index contributed by atoms with van der Waals surface area (Å²) in [4.78, 5) is 12.7. The van der Waals surface area contributed by atoms with Crippen LogP contribution in [-0.2, 0) is 6.54 Å². The predicted molar refractivity (Wildman–Crippen MR) is 110 cm³/mol. The van der Waals surface area contributed by atoms with Crippen LogP contribution in [-0.4, -0.2) is 51.5 Å². The molecule has 0 amide bonds. The van der Waals surface area contributed by atoms with Gasteiger partial charge < -0.3 is 4.98 Å². The van der Waals surface area contributed by atoms with E-state index in [1.807, 2.05) is 0 Å².